The Bertz CT molecular complexity index is 424. The number of aromatic nitrogens is 2. The van der Waals surface area contributed by atoms with Crippen LogP contribution in [0.4, 0.5) is 0 Å². The number of hydrogen-bond acceptors (Lipinski definition) is 3. The first kappa shape index (κ1) is 12.2. The summed E-state index contributed by atoms with van der Waals surface area (Å²) in [6.07, 6.45) is 3.62. The van der Waals surface area contributed by atoms with Crippen LogP contribution in [0.2, 0.25) is 0 Å². The van der Waals surface area contributed by atoms with Crippen LogP contribution in [-0.2, 0) is 26.4 Å². The molecule has 1 atom stereocenters. The van der Waals surface area contributed by atoms with Crippen LogP contribution in [-0.4, -0.2) is 40.6 Å². The fourth-order valence-corrected chi connectivity index (χ4v) is 3.32. The fraction of sp³-hybridized carbons (Fsp3) is 0.786. The number of nitrogens with zero attached hydrogens (tertiary/aromatic N) is 3. The van der Waals surface area contributed by atoms with Gasteiger partial charge >= 0.3 is 0 Å². The van der Waals surface area contributed by atoms with Crippen molar-refractivity contribution in [2.24, 2.45) is 13.0 Å². The van der Waals surface area contributed by atoms with Crippen LogP contribution in [0.1, 0.15) is 30.6 Å². The van der Waals surface area contributed by atoms with E-state index >= 15 is 0 Å². The van der Waals surface area contributed by atoms with E-state index in [0.29, 0.717) is 0 Å². The Balaban J connectivity index is 1.71. The van der Waals surface area contributed by atoms with Gasteiger partial charge in [0.25, 0.3) is 0 Å². The smallest absolute Gasteiger partial charge is 0.109 e. The van der Waals surface area contributed by atoms with Gasteiger partial charge < -0.3 is 14.8 Å². The highest BCUT2D eigenvalue weighted by atomic mass is 15.1. The number of rotatable bonds is 3. The largest absolute Gasteiger partial charge is 0.335 e. The number of nitrogens with one attached hydrogen (secondary N) is 1. The molecular weight excluding hydrogens is 224 g/mol. The highest BCUT2D eigenvalue weighted by Gasteiger charge is 2.24. The van der Waals surface area contributed by atoms with Crippen molar-refractivity contribution in [3.8, 4) is 0 Å². The second kappa shape index (κ2) is 5.02. The van der Waals surface area contributed by atoms with Crippen molar-refractivity contribution in [1.82, 2.24) is 19.8 Å². The summed E-state index contributed by atoms with van der Waals surface area (Å²) in [6, 6.07) is 0. The highest BCUT2D eigenvalue weighted by Crippen LogP contribution is 2.22. The van der Waals surface area contributed by atoms with Gasteiger partial charge in [0.05, 0.1) is 5.69 Å². The zero-order valence-electron chi connectivity index (χ0n) is 11.6. The molecule has 0 amide bonds. The Kier molecular flexibility index (Phi) is 3.39. The lowest BCUT2D eigenvalue weighted by Gasteiger charge is -2.14. The summed E-state index contributed by atoms with van der Waals surface area (Å²) in [7, 11) is 2.19. The molecule has 1 aromatic rings. The molecule has 0 spiro atoms. The van der Waals surface area contributed by atoms with Crippen molar-refractivity contribution in [2.45, 2.75) is 32.7 Å². The average Bonchev–Trinajstić information content (AvgIpc) is 2.97. The molecule has 1 unspecified atom stereocenters. The molecule has 4 heteroatoms. The van der Waals surface area contributed by atoms with Crippen molar-refractivity contribution in [1.29, 1.82) is 0 Å². The predicted octanol–water partition coefficient (Wildman–Crippen LogP) is 0.950. The van der Waals surface area contributed by atoms with E-state index in [9.17, 15) is 0 Å². The van der Waals surface area contributed by atoms with Gasteiger partial charge in [-0.25, -0.2) is 4.98 Å². The zero-order chi connectivity index (χ0) is 12.5. The Hall–Kier alpha value is -0.870. The van der Waals surface area contributed by atoms with Gasteiger partial charge in [-0.05, 0) is 25.4 Å². The Morgan fingerprint density at radius 2 is 2.33 bits per heavy atom. The maximum Gasteiger partial charge on any atom is 0.109 e. The molecule has 0 radical (unpaired) electrons. The predicted molar refractivity (Wildman–Crippen MR) is 72.5 cm³/mol. The van der Waals surface area contributed by atoms with Crippen molar-refractivity contribution in [3.63, 3.8) is 0 Å². The Morgan fingerprint density at radius 3 is 3.06 bits per heavy atom. The topological polar surface area (TPSA) is 33.1 Å². The Labute approximate surface area is 109 Å². The minimum atomic E-state index is 0.806. The first-order valence-corrected chi connectivity index (χ1v) is 7.24. The maximum atomic E-state index is 4.85. The minimum Gasteiger partial charge on any atom is -0.335 e. The first-order chi connectivity index (χ1) is 8.78. The van der Waals surface area contributed by atoms with Gasteiger partial charge in [0.15, 0.2) is 0 Å². The maximum absolute atomic E-state index is 4.85. The summed E-state index contributed by atoms with van der Waals surface area (Å²) in [5, 5.41) is 3.41. The van der Waals surface area contributed by atoms with E-state index in [1.165, 1.54) is 43.3 Å². The summed E-state index contributed by atoms with van der Waals surface area (Å²) in [5.74, 6) is 2.10. The number of hydrogen-bond donors (Lipinski definition) is 1. The first-order valence-electron chi connectivity index (χ1n) is 7.24. The van der Waals surface area contributed by atoms with Gasteiger partial charge in [-0.15, -0.1) is 0 Å². The quantitative estimate of drug-likeness (QED) is 0.864. The van der Waals surface area contributed by atoms with Crippen molar-refractivity contribution in [2.75, 3.05) is 26.2 Å². The Morgan fingerprint density at radius 1 is 1.44 bits per heavy atom. The van der Waals surface area contributed by atoms with Crippen molar-refractivity contribution in [3.05, 3.63) is 17.2 Å². The summed E-state index contributed by atoms with van der Waals surface area (Å²) < 4.78 is 2.35. The third kappa shape index (κ3) is 2.19. The van der Waals surface area contributed by atoms with Crippen LogP contribution in [0, 0.1) is 5.92 Å². The summed E-state index contributed by atoms with van der Waals surface area (Å²) in [4.78, 5) is 7.40. The van der Waals surface area contributed by atoms with E-state index in [-0.39, 0.29) is 0 Å². The molecule has 1 aromatic heterocycles. The molecule has 3 heterocycles. The molecule has 0 aliphatic carbocycles. The van der Waals surface area contributed by atoms with Crippen LogP contribution in [0.25, 0.3) is 0 Å². The molecule has 0 aromatic carbocycles. The van der Waals surface area contributed by atoms with Gasteiger partial charge in [-0.2, -0.15) is 0 Å². The molecule has 2 aliphatic rings. The lowest BCUT2D eigenvalue weighted by atomic mass is 10.0. The second-order valence-corrected chi connectivity index (χ2v) is 5.66. The molecule has 18 heavy (non-hydrogen) atoms. The highest BCUT2D eigenvalue weighted by molar-refractivity contribution is 5.20. The molecule has 0 bridgehead atoms. The number of likely N-dealkylation sites (tertiary alicyclic amines) is 1. The molecule has 3 rings (SSSR count). The van der Waals surface area contributed by atoms with E-state index in [0.717, 1.165) is 31.8 Å². The third-order valence-electron chi connectivity index (χ3n) is 4.51. The van der Waals surface area contributed by atoms with E-state index in [1.54, 1.807) is 0 Å². The van der Waals surface area contributed by atoms with Crippen molar-refractivity contribution < 1.29 is 0 Å². The molecule has 4 nitrogen and oxygen atoms in total. The van der Waals surface area contributed by atoms with Crippen molar-refractivity contribution >= 4 is 0 Å². The summed E-state index contributed by atoms with van der Waals surface area (Å²) >= 11 is 0. The monoisotopic (exact) mass is 248 g/mol. The molecule has 2 aliphatic heterocycles. The molecule has 1 saturated heterocycles. The van der Waals surface area contributed by atoms with Crippen LogP contribution < -0.4 is 5.32 Å². The number of fused-ring (bicyclic) bond motifs is 1. The van der Waals surface area contributed by atoms with Gasteiger partial charge in [-0.3, -0.25) is 0 Å². The minimum absolute atomic E-state index is 0.806. The number of imidazole rings is 1. The zero-order valence-corrected chi connectivity index (χ0v) is 11.6. The van der Waals surface area contributed by atoms with Crippen LogP contribution in [0.3, 0.4) is 0 Å². The molecule has 1 N–H and O–H groups in total. The SMILES string of the molecule is CCN1CCC(Cc2nc3c(n2C)CCNC3)C1. The van der Waals surface area contributed by atoms with Gasteiger partial charge in [-0.1, -0.05) is 6.92 Å². The van der Waals surface area contributed by atoms with Crippen LogP contribution in [0.15, 0.2) is 0 Å². The van der Waals surface area contributed by atoms with Crippen LogP contribution in [0.5, 0.6) is 0 Å². The van der Waals surface area contributed by atoms with Gasteiger partial charge in [0.2, 0.25) is 0 Å². The van der Waals surface area contributed by atoms with Gasteiger partial charge in [0, 0.05) is 45.2 Å². The lowest BCUT2D eigenvalue weighted by Crippen LogP contribution is -2.24. The molecule has 100 valence electrons. The van der Waals surface area contributed by atoms with E-state index < -0.39 is 0 Å². The normalized spacial score (nSPS) is 24.4. The lowest BCUT2D eigenvalue weighted by molar-refractivity contribution is 0.340. The molecule has 1 fully saturated rings. The summed E-state index contributed by atoms with van der Waals surface area (Å²) in [6.45, 7) is 8.03. The standard InChI is InChI=1S/C14H24N4/c1-3-18-7-5-11(10-18)8-14-16-12-9-15-6-4-13(12)17(14)2/h11,15H,3-10H2,1-2H3. The van der Waals surface area contributed by atoms with E-state index in [4.69, 9.17) is 4.98 Å². The second-order valence-electron chi connectivity index (χ2n) is 5.66. The fourth-order valence-electron chi connectivity index (χ4n) is 3.32. The molecule has 0 saturated carbocycles. The van der Waals surface area contributed by atoms with Crippen LogP contribution >= 0.6 is 0 Å². The van der Waals surface area contributed by atoms with E-state index in [1.807, 2.05) is 0 Å². The summed E-state index contributed by atoms with van der Waals surface area (Å²) in [5.41, 5.74) is 2.73. The molecular formula is C14H24N4. The third-order valence-corrected chi connectivity index (χ3v) is 4.51. The van der Waals surface area contributed by atoms with Gasteiger partial charge in [0.1, 0.15) is 5.82 Å². The van der Waals surface area contributed by atoms with E-state index in [2.05, 4.69) is 28.8 Å². The average molecular weight is 248 g/mol.